The molecule has 2 amide bonds. The molecule has 5 rings (SSSR count). The minimum Gasteiger partial charge on any atom is -0.466 e. The molecule has 9 heteroatoms. The molecular weight excluding hydrogens is 426 g/mol. The van der Waals surface area contributed by atoms with Gasteiger partial charge in [0.2, 0.25) is 0 Å². The number of esters is 1. The van der Waals surface area contributed by atoms with Gasteiger partial charge >= 0.3 is 12.0 Å². The topological polar surface area (TPSA) is 89.4 Å². The Morgan fingerprint density at radius 3 is 2.56 bits per heavy atom. The Labute approximate surface area is 191 Å². The second-order valence-corrected chi connectivity index (χ2v) is 9.34. The quantitative estimate of drug-likeness (QED) is 0.485. The van der Waals surface area contributed by atoms with E-state index < -0.39 is 12.0 Å². The molecule has 2 heterocycles. The fraction of sp³-hybridized carbons (Fsp3) is 0.478. The number of methoxy groups -OCH3 is 1. The molecule has 0 spiro atoms. The summed E-state index contributed by atoms with van der Waals surface area (Å²) in [6, 6.07) is 8.96. The molecule has 3 aliphatic rings. The van der Waals surface area contributed by atoms with Crippen LogP contribution in [0.3, 0.4) is 0 Å². The van der Waals surface area contributed by atoms with E-state index in [1.807, 2.05) is 30.3 Å². The zero-order valence-corrected chi connectivity index (χ0v) is 19.1. The van der Waals surface area contributed by atoms with E-state index in [1.165, 1.54) is 18.9 Å². The van der Waals surface area contributed by atoms with Crippen LogP contribution < -0.4 is 5.32 Å². The highest BCUT2D eigenvalue weighted by atomic mass is 32.2. The average Bonchev–Trinajstić information content (AvgIpc) is 3.75. The van der Waals surface area contributed by atoms with Crippen molar-refractivity contribution >= 4 is 23.8 Å². The van der Waals surface area contributed by atoms with Crippen LogP contribution in [-0.4, -0.2) is 50.6 Å². The van der Waals surface area contributed by atoms with Gasteiger partial charge in [-0.1, -0.05) is 42.1 Å². The fourth-order valence-corrected chi connectivity index (χ4v) is 5.31. The normalized spacial score (nSPS) is 21.0. The van der Waals surface area contributed by atoms with Gasteiger partial charge in [-0.05, 0) is 38.2 Å². The first-order valence-electron chi connectivity index (χ1n) is 11.1. The molecule has 168 valence electrons. The molecule has 2 saturated carbocycles. The Bertz CT molecular complexity index is 1060. The van der Waals surface area contributed by atoms with Crippen molar-refractivity contribution in [2.75, 3.05) is 12.9 Å². The second-order valence-electron chi connectivity index (χ2n) is 8.39. The van der Waals surface area contributed by atoms with E-state index in [9.17, 15) is 9.59 Å². The van der Waals surface area contributed by atoms with E-state index in [0.29, 0.717) is 22.9 Å². The van der Waals surface area contributed by atoms with Crippen LogP contribution in [0.5, 0.6) is 0 Å². The minimum absolute atomic E-state index is 0.119. The highest BCUT2D eigenvalue weighted by Gasteiger charge is 2.44. The molecule has 1 aliphatic heterocycles. The largest absolute Gasteiger partial charge is 0.466 e. The molecule has 8 nitrogen and oxygen atoms in total. The first-order valence-corrected chi connectivity index (χ1v) is 12.1. The van der Waals surface area contributed by atoms with Crippen LogP contribution in [0.1, 0.15) is 56.0 Å². The SMILES string of the molecule is CCn1c(SCC2=C(C(=O)OC)C(c3ccccc3)NC(=O)N2C2CC2)nnc1C1CC1. The van der Waals surface area contributed by atoms with Crippen molar-refractivity contribution in [3.05, 3.63) is 53.0 Å². The lowest BCUT2D eigenvalue weighted by molar-refractivity contribution is -0.136. The van der Waals surface area contributed by atoms with Crippen molar-refractivity contribution in [3.8, 4) is 0 Å². The zero-order chi connectivity index (χ0) is 22.2. The van der Waals surface area contributed by atoms with Crippen LogP contribution in [0.15, 0.2) is 46.8 Å². The van der Waals surface area contributed by atoms with Gasteiger partial charge in [0, 0.05) is 30.0 Å². The van der Waals surface area contributed by atoms with Crippen molar-refractivity contribution in [3.63, 3.8) is 0 Å². The van der Waals surface area contributed by atoms with Gasteiger partial charge < -0.3 is 14.6 Å². The number of urea groups is 1. The lowest BCUT2D eigenvalue weighted by Gasteiger charge is -2.36. The molecule has 2 fully saturated rings. The molecule has 32 heavy (non-hydrogen) atoms. The van der Waals surface area contributed by atoms with Crippen LogP contribution in [0.2, 0.25) is 0 Å². The van der Waals surface area contributed by atoms with Crippen LogP contribution >= 0.6 is 11.8 Å². The van der Waals surface area contributed by atoms with E-state index in [0.717, 1.165) is 48.8 Å². The smallest absolute Gasteiger partial charge is 0.338 e. The standard InChI is InChI=1S/C23H27N5O3S/c1-3-27-20(15-9-10-15)25-26-23(27)32-13-17-18(21(29)31-2)19(14-7-5-4-6-8-14)24-22(30)28(17)16-11-12-16/h4-8,15-16,19H,3,9-13H2,1-2H3,(H,24,30). The number of nitrogens with zero attached hydrogens (tertiary/aromatic N) is 4. The molecule has 1 N–H and O–H groups in total. The number of hydrogen-bond acceptors (Lipinski definition) is 6. The third-order valence-corrected chi connectivity index (χ3v) is 7.15. The predicted octanol–water partition coefficient (Wildman–Crippen LogP) is 3.62. The van der Waals surface area contributed by atoms with Crippen LogP contribution in [0, 0.1) is 0 Å². The molecule has 1 aromatic heterocycles. The molecule has 2 aliphatic carbocycles. The number of carbonyl (C=O) groups excluding carboxylic acids is 2. The number of thioether (sulfide) groups is 1. The highest BCUT2D eigenvalue weighted by molar-refractivity contribution is 7.99. The van der Waals surface area contributed by atoms with E-state index in [-0.39, 0.29) is 12.1 Å². The summed E-state index contributed by atoms with van der Waals surface area (Å²) in [5.74, 6) is 1.57. The summed E-state index contributed by atoms with van der Waals surface area (Å²) in [7, 11) is 1.38. The van der Waals surface area contributed by atoms with Crippen LogP contribution in [0.4, 0.5) is 4.79 Å². The molecule has 1 atom stereocenters. The lowest BCUT2D eigenvalue weighted by atomic mass is 9.95. The van der Waals surface area contributed by atoms with Gasteiger partial charge in [-0.2, -0.15) is 0 Å². The monoisotopic (exact) mass is 453 g/mol. The average molecular weight is 454 g/mol. The summed E-state index contributed by atoms with van der Waals surface area (Å²) in [6.45, 7) is 2.89. The van der Waals surface area contributed by atoms with Crippen molar-refractivity contribution in [1.29, 1.82) is 0 Å². The Morgan fingerprint density at radius 2 is 1.94 bits per heavy atom. The number of rotatable bonds is 8. The van der Waals surface area contributed by atoms with Crippen molar-refractivity contribution in [1.82, 2.24) is 25.0 Å². The molecule has 0 saturated heterocycles. The summed E-state index contributed by atoms with van der Waals surface area (Å²) in [6.07, 6.45) is 4.19. The Kier molecular flexibility index (Phi) is 5.67. The Balaban J connectivity index is 1.53. The van der Waals surface area contributed by atoms with E-state index in [4.69, 9.17) is 4.74 Å². The van der Waals surface area contributed by atoms with Gasteiger partial charge in [0.25, 0.3) is 0 Å². The fourth-order valence-electron chi connectivity index (χ4n) is 4.27. The van der Waals surface area contributed by atoms with Gasteiger partial charge in [0.05, 0.1) is 18.7 Å². The van der Waals surface area contributed by atoms with Crippen molar-refractivity contribution in [2.24, 2.45) is 0 Å². The molecule has 0 radical (unpaired) electrons. The predicted molar refractivity (Wildman–Crippen MR) is 120 cm³/mol. The maximum Gasteiger partial charge on any atom is 0.338 e. The number of nitrogens with one attached hydrogen (secondary N) is 1. The van der Waals surface area contributed by atoms with E-state index >= 15 is 0 Å². The van der Waals surface area contributed by atoms with Crippen molar-refractivity contribution < 1.29 is 14.3 Å². The van der Waals surface area contributed by atoms with E-state index in [1.54, 1.807) is 4.90 Å². The minimum atomic E-state index is -0.548. The highest BCUT2D eigenvalue weighted by Crippen LogP contribution is 2.42. The summed E-state index contributed by atoms with van der Waals surface area (Å²) < 4.78 is 7.33. The summed E-state index contributed by atoms with van der Waals surface area (Å²) in [5.41, 5.74) is 2.05. The number of carbonyl (C=O) groups is 2. The molecule has 1 unspecified atom stereocenters. The second kappa shape index (κ2) is 8.61. The first kappa shape index (κ1) is 21.1. The molecule has 0 bridgehead atoms. The van der Waals surface area contributed by atoms with E-state index in [2.05, 4.69) is 27.0 Å². The number of ether oxygens (including phenoxy) is 1. The zero-order valence-electron chi connectivity index (χ0n) is 18.3. The molecular formula is C23H27N5O3S. The summed E-state index contributed by atoms with van der Waals surface area (Å²) >= 11 is 1.53. The Morgan fingerprint density at radius 1 is 1.19 bits per heavy atom. The lowest BCUT2D eigenvalue weighted by Crippen LogP contribution is -2.50. The summed E-state index contributed by atoms with van der Waals surface area (Å²) in [5, 5.41) is 12.7. The van der Waals surface area contributed by atoms with Crippen LogP contribution in [0.25, 0.3) is 0 Å². The molecule has 1 aromatic carbocycles. The maximum absolute atomic E-state index is 13.1. The maximum atomic E-state index is 13.1. The third-order valence-electron chi connectivity index (χ3n) is 6.17. The van der Waals surface area contributed by atoms with Crippen LogP contribution in [-0.2, 0) is 16.1 Å². The van der Waals surface area contributed by atoms with Crippen molar-refractivity contribution in [2.45, 2.75) is 62.3 Å². The van der Waals surface area contributed by atoms with Gasteiger partial charge in [-0.3, -0.25) is 4.90 Å². The van der Waals surface area contributed by atoms with Gasteiger partial charge in [-0.15, -0.1) is 10.2 Å². The number of hydrogen-bond donors (Lipinski definition) is 1. The van der Waals surface area contributed by atoms with Gasteiger partial charge in [0.1, 0.15) is 5.82 Å². The van der Waals surface area contributed by atoms with Gasteiger partial charge in [-0.25, -0.2) is 9.59 Å². The first-order chi connectivity index (χ1) is 15.6. The van der Waals surface area contributed by atoms with Gasteiger partial charge in [0.15, 0.2) is 5.16 Å². The number of aromatic nitrogens is 3. The number of amides is 2. The summed E-state index contributed by atoms with van der Waals surface area (Å²) in [4.78, 5) is 27.9. The molecule has 2 aromatic rings. The third kappa shape index (κ3) is 3.90. The number of benzene rings is 1. The Hall–Kier alpha value is -2.81.